The number of nitrogens with zero attached hydrogens (tertiary/aromatic N) is 2. The first-order valence-corrected chi connectivity index (χ1v) is 7.71. The molecule has 0 spiro atoms. The predicted molar refractivity (Wildman–Crippen MR) is 87.6 cm³/mol. The van der Waals surface area contributed by atoms with E-state index in [1.807, 2.05) is 13.2 Å². The highest BCUT2D eigenvalue weighted by Crippen LogP contribution is 2.33. The van der Waals surface area contributed by atoms with Crippen LogP contribution < -0.4 is 0 Å². The maximum atomic E-state index is 11.6. The predicted octanol–water partition coefficient (Wildman–Crippen LogP) is 3.01. The molecule has 1 aromatic heterocycles. The second-order valence-electron chi connectivity index (χ2n) is 7.18. The topological polar surface area (TPSA) is 34.5 Å². The Morgan fingerprint density at radius 3 is 2.45 bits per heavy atom. The fraction of sp³-hybridized carbons (Fsp3) is 0.500. The lowest BCUT2D eigenvalue weighted by Crippen LogP contribution is -2.36. The summed E-state index contributed by atoms with van der Waals surface area (Å²) in [5, 5.41) is 1.17. The molecule has 1 aromatic carbocycles. The Bertz CT molecular complexity index is 738. The third-order valence-electron chi connectivity index (χ3n) is 4.63. The van der Waals surface area contributed by atoms with Crippen molar-refractivity contribution in [2.75, 3.05) is 7.11 Å². The summed E-state index contributed by atoms with van der Waals surface area (Å²) < 4.78 is 6.92. The van der Waals surface area contributed by atoms with Crippen molar-refractivity contribution < 1.29 is 9.53 Å². The van der Waals surface area contributed by atoms with Crippen molar-refractivity contribution >= 4 is 16.9 Å². The molecular weight excluding hydrogens is 276 g/mol. The Morgan fingerprint density at radius 2 is 1.86 bits per heavy atom. The fourth-order valence-electron chi connectivity index (χ4n) is 3.20. The summed E-state index contributed by atoms with van der Waals surface area (Å²) in [5.41, 5.74) is 5.17. The first-order chi connectivity index (χ1) is 10.3. The smallest absolute Gasteiger partial charge is 0.310 e. The number of hydrogen-bond donors (Lipinski definition) is 0. The van der Waals surface area contributed by atoms with Crippen molar-refractivity contribution in [1.82, 2.24) is 9.47 Å². The van der Waals surface area contributed by atoms with Gasteiger partial charge in [-0.1, -0.05) is 0 Å². The summed E-state index contributed by atoms with van der Waals surface area (Å²) in [6, 6.07) is 4.53. The van der Waals surface area contributed by atoms with Gasteiger partial charge >= 0.3 is 5.97 Å². The van der Waals surface area contributed by atoms with Crippen molar-refractivity contribution in [2.24, 2.45) is 7.05 Å². The summed E-state index contributed by atoms with van der Waals surface area (Å²) in [6.07, 6.45) is 2.37. The minimum Gasteiger partial charge on any atom is -0.469 e. The Kier molecular flexibility index (Phi) is 3.52. The number of rotatable bonds is 2. The Balaban J connectivity index is 2.02. The number of ether oxygens (including phenoxy) is 1. The van der Waals surface area contributed by atoms with E-state index in [2.05, 4.69) is 42.4 Å². The van der Waals surface area contributed by atoms with Gasteiger partial charge in [0.1, 0.15) is 0 Å². The molecule has 4 heteroatoms. The first kappa shape index (κ1) is 15.1. The van der Waals surface area contributed by atoms with Gasteiger partial charge in [0.05, 0.1) is 13.5 Å². The molecule has 0 saturated heterocycles. The van der Waals surface area contributed by atoms with Crippen LogP contribution in [0.5, 0.6) is 0 Å². The molecule has 3 rings (SSSR count). The van der Waals surface area contributed by atoms with Crippen molar-refractivity contribution in [3.05, 3.63) is 35.0 Å². The van der Waals surface area contributed by atoms with Gasteiger partial charge in [-0.3, -0.25) is 9.69 Å². The fourth-order valence-corrected chi connectivity index (χ4v) is 3.20. The highest BCUT2D eigenvalue weighted by atomic mass is 16.5. The molecule has 118 valence electrons. The molecule has 22 heavy (non-hydrogen) atoms. The molecule has 4 nitrogen and oxygen atoms in total. The molecular formula is C18H24N2O2. The van der Waals surface area contributed by atoms with Gasteiger partial charge in [-0.25, -0.2) is 0 Å². The highest BCUT2D eigenvalue weighted by Gasteiger charge is 2.28. The van der Waals surface area contributed by atoms with E-state index in [9.17, 15) is 4.79 Å². The van der Waals surface area contributed by atoms with Crippen LogP contribution in [0.25, 0.3) is 10.9 Å². The second kappa shape index (κ2) is 5.13. The maximum absolute atomic E-state index is 11.6. The molecule has 0 fully saturated rings. The van der Waals surface area contributed by atoms with Gasteiger partial charge in [-0.15, -0.1) is 0 Å². The molecule has 0 unspecified atom stereocenters. The third kappa shape index (κ3) is 2.52. The monoisotopic (exact) mass is 300 g/mol. The van der Waals surface area contributed by atoms with E-state index >= 15 is 0 Å². The summed E-state index contributed by atoms with van der Waals surface area (Å²) >= 11 is 0. The van der Waals surface area contributed by atoms with Crippen LogP contribution in [0.15, 0.2) is 18.3 Å². The number of esters is 1. The molecule has 2 heterocycles. The van der Waals surface area contributed by atoms with E-state index < -0.39 is 0 Å². The number of aromatic nitrogens is 1. The molecule has 0 radical (unpaired) electrons. The van der Waals surface area contributed by atoms with Gasteiger partial charge in [0, 0.05) is 42.8 Å². The second-order valence-corrected chi connectivity index (χ2v) is 7.18. The quantitative estimate of drug-likeness (QED) is 0.800. The number of methoxy groups -OCH3 is 1. The van der Waals surface area contributed by atoms with Gasteiger partial charge in [0.15, 0.2) is 0 Å². The lowest BCUT2D eigenvalue weighted by molar-refractivity contribution is -0.139. The minimum atomic E-state index is -0.190. The van der Waals surface area contributed by atoms with Gasteiger partial charge in [-0.05, 0) is 49.6 Å². The number of fused-ring (bicyclic) bond motifs is 2. The van der Waals surface area contributed by atoms with Gasteiger partial charge in [-0.2, -0.15) is 0 Å². The normalized spacial score (nSPS) is 15.3. The summed E-state index contributed by atoms with van der Waals surface area (Å²) in [5.74, 6) is -0.190. The van der Waals surface area contributed by atoms with E-state index in [1.165, 1.54) is 29.1 Å². The van der Waals surface area contributed by atoms with Gasteiger partial charge < -0.3 is 9.30 Å². The van der Waals surface area contributed by atoms with Gasteiger partial charge in [0.25, 0.3) is 0 Å². The molecule has 0 bridgehead atoms. The number of carbonyl (C=O) groups excluding carboxylic acids is 1. The Hall–Kier alpha value is -1.81. The number of carbonyl (C=O) groups is 1. The minimum absolute atomic E-state index is 0.167. The Morgan fingerprint density at radius 1 is 1.23 bits per heavy atom. The van der Waals surface area contributed by atoms with Crippen LogP contribution in [0.3, 0.4) is 0 Å². The maximum Gasteiger partial charge on any atom is 0.310 e. The molecule has 0 aliphatic carbocycles. The van der Waals surface area contributed by atoms with Crippen molar-refractivity contribution in [3.63, 3.8) is 0 Å². The van der Waals surface area contributed by atoms with Crippen LogP contribution in [0.1, 0.15) is 37.5 Å². The molecule has 1 aliphatic rings. The zero-order valence-electron chi connectivity index (χ0n) is 14.1. The summed E-state index contributed by atoms with van der Waals surface area (Å²) in [4.78, 5) is 14.1. The Labute approximate surface area is 131 Å². The van der Waals surface area contributed by atoms with Gasteiger partial charge in [0.2, 0.25) is 0 Å². The SMILES string of the molecule is COC(=O)Cc1cn(C)c2cc3c(cc12)CN(C(C)(C)C)C3. The molecule has 1 aliphatic heterocycles. The van der Waals surface area contributed by atoms with E-state index in [0.717, 1.165) is 18.7 Å². The first-order valence-electron chi connectivity index (χ1n) is 7.71. The lowest BCUT2D eigenvalue weighted by Gasteiger charge is -2.31. The van der Waals surface area contributed by atoms with Crippen LogP contribution in [-0.2, 0) is 36.1 Å². The average Bonchev–Trinajstić information content (AvgIpc) is 2.98. The molecule has 0 saturated carbocycles. The van der Waals surface area contributed by atoms with E-state index in [4.69, 9.17) is 4.74 Å². The average molecular weight is 300 g/mol. The summed E-state index contributed by atoms with van der Waals surface area (Å²) in [6.45, 7) is 8.72. The van der Waals surface area contributed by atoms with Crippen LogP contribution in [-0.4, -0.2) is 28.1 Å². The van der Waals surface area contributed by atoms with E-state index in [1.54, 1.807) is 0 Å². The van der Waals surface area contributed by atoms with Crippen LogP contribution in [0, 0.1) is 0 Å². The number of hydrogen-bond acceptors (Lipinski definition) is 3. The zero-order chi connectivity index (χ0) is 16.1. The number of aryl methyl sites for hydroxylation is 1. The molecule has 0 amide bonds. The molecule has 0 atom stereocenters. The standard InChI is InChI=1S/C18H24N2O2/c1-18(2,3)20-10-12-6-15-14(8-17(21)22-5)9-19(4)16(15)7-13(12)11-20/h6-7,9H,8,10-11H2,1-5H3. The summed E-state index contributed by atoms with van der Waals surface area (Å²) in [7, 11) is 3.47. The van der Waals surface area contributed by atoms with Crippen molar-refractivity contribution in [2.45, 2.75) is 45.8 Å². The lowest BCUT2D eigenvalue weighted by atomic mass is 10.0. The zero-order valence-corrected chi connectivity index (χ0v) is 14.1. The van der Waals surface area contributed by atoms with E-state index in [-0.39, 0.29) is 11.5 Å². The van der Waals surface area contributed by atoms with Crippen LogP contribution in [0.2, 0.25) is 0 Å². The van der Waals surface area contributed by atoms with Crippen LogP contribution in [0.4, 0.5) is 0 Å². The molecule has 0 N–H and O–H groups in total. The third-order valence-corrected chi connectivity index (χ3v) is 4.63. The largest absolute Gasteiger partial charge is 0.469 e. The van der Waals surface area contributed by atoms with Crippen LogP contribution >= 0.6 is 0 Å². The molecule has 2 aromatic rings. The van der Waals surface area contributed by atoms with E-state index in [0.29, 0.717) is 6.42 Å². The van der Waals surface area contributed by atoms with Crippen molar-refractivity contribution in [1.29, 1.82) is 0 Å². The highest BCUT2D eigenvalue weighted by molar-refractivity contribution is 5.89. The number of benzene rings is 1. The van der Waals surface area contributed by atoms with Crippen molar-refractivity contribution in [3.8, 4) is 0 Å².